The van der Waals surface area contributed by atoms with Crippen molar-refractivity contribution in [1.82, 2.24) is 19.8 Å². The molecule has 2 aromatic heterocycles. The molecule has 0 radical (unpaired) electrons. The summed E-state index contributed by atoms with van der Waals surface area (Å²) >= 11 is 5.77. The van der Waals surface area contributed by atoms with Crippen molar-refractivity contribution in [1.29, 1.82) is 0 Å². The van der Waals surface area contributed by atoms with Crippen molar-refractivity contribution in [2.45, 2.75) is 59.2 Å². The highest BCUT2D eigenvalue weighted by molar-refractivity contribution is 7.80. The van der Waals surface area contributed by atoms with E-state index in [4.69, 9.17) is 12.2 Å². The van der Waals surface area contributed by atoms with Crippen LogP contribution in [-0.2, 0) is 4.79 Å². The van der Waals surface area contributed by atoms with Crippen LogP contribution in [0.2, 0.25) is 0 Å². The Bertz CT molecular complexity index is 1170. The van der Waals surface area contributed by atoms with Crippen LogP contribution in [0.25, 0.3) is 0 Å². The Morgan fingerprint density at radius 3 is 2.50 bits per heavy atom. The molecule has 2 N–H and O–H groups in total. The molecule has 0 saturated carbocycles. The summed E-state index contributed by atoms with van der Waals surface area (Å²) < 4.78 is 2.36. The lowest BCUT2D eigenvalue weighted by atomic mass is 9.96. The van der Waals surface area contributed by atoms with E-state index in [9.17, 15) is 4.79 Å². The Morgan fingerprint density at radius 1 is 1.15 bits per heavy atom. The van der Waals surface area contributed by atoms with E-state index in [-0.39, 0.29) is 18.0 Å². The largest absolute Gasteiger partial charge is 0.352 e. The van der Waals surface area contributed by atoms with Crippen molar-refractivity contribution >= 4 is 28.9 Å². The fraction of sp³-hybridized carbons (Fsp3) is 0.370. The Morgan fingerprint density at radius 2 is 1.88 bits per heavy atom. The molecule has 1 aromatic carbocycles. The SMILES string of the molecule is Cc1ccc(NC(=O)CCN2C(=S)N[C@H](c3ccccn3)[C@@H]2c2cc(C)n(C(C)C)c2C)cc1. The van der Waals surface area contributed by atoms with Gasteiger partial charge in [0, 0.05) is 42.3 Å². The maximum absolute atomic E-state index is 12.8. The van der Waals surface area contributed by atoms with Crippen molar-refractivity contribution in [3.8, 4) is 0 Å². The molecule has 3 aromatic rings. The van der Waals surface area contributed by atoms with Crippen molar-refractivity contribution in [2.24, 2.45) is 0 Å². The number of pyridine rings is 1. The van der Waals surface area contributed by atoms with E-state index in [1.165, 1.54) is 17.0 Å². The summed E-state index contributed by atoms with van der Waals surface area (Å²) in [4.78, 5) is 19.5. The maximum atomic E-state index is 12.8. The van der Waals surface area contributed by atoms with E-state index in [0.717, 1.165) is 16.9 Å². The average molecular weight is 476 g/mol. The Labute approximate surface area is 207 Å². The van der Waals surface area contributed by atoms with Crippen LogP contribution in [0.4, 0.5) is 5.69 Å². The van der Waals surface area contributed by atoms with Crippen LogP contribution >= 0.6 is 12.2 Å². The summed E-state index contributed by atoms with van der Waals surface area (Å²) in [6.45, 7) is 11.3. The van der Waals surface area contributed by atoms with Gasteiger partial charge >= 0.3 is 0 Å². The lowest BCUT2D eigenvalue weighted by molar-refractivity contribution is -0.116. The van der Waals surface area contributed by atoms with E-state index in [0.29, 0.717) is 24.1 Å². The second kappa shape index (κ2) is 9.97. The van der Waals surface area contributed by atoms with Gasteiger partial charge in [0.05, 0.1) is 17.8 Å². The molecule has 2 atom stereocenters. The summed E-state index contributed by atoms with van der Waals surface area (Å²) in [6, 6.07) is 16.3. The topological polar surface area (TPSA) is 62.2 Å². The van der Waals surface area contributed by atoms with Gasteiger partial charge in [0.2, 0.25) is 5.91 Å². The van der Waals surface area contributed by atoms with Crippen molar-refractivity contribution < 1.29 is 4.79 Å². The Hall–Kier alpha value is -3.19. The maximum Gasteiger partial charge on any atom is 0.226 e. The number of carbonyl (C=O) groups is 1. The van der Waals surface area contributed by atoms with Gasteiger partial charge in [0.1, 0.15) is 0 Å². The monoisotopic (exact) mass is 475 g/mol. The molecule has 0 spiro atoms. The molecular weight excluding hydrogens is 442 g/mol. The standard InChI is InChI=1S/C27H33N5OS/c1-17(2)32-19(4)16-22(20(32)5)26-25(23-8-6-7-14-28-23)30-27(34)31(26)15-13-24(33)29-21-11-9-18(3)10-12-21/h6-12,14,16-17,25-26H,13,15H2,1-5H3,(H,29,33)(H,30,34)/t25-,26+/m1/s1. The lowest BCUT2D eigenvalue weighted by Gasteiger charge is -2.28. The Balaban J connectivity index is 1.61. The number of aromatic nitrogens is 2. The van der Waals surface area contributed by atoms with Gasteiger partial charge in [-0.3, -0.25) is 9.78 Å². The fourth-order valence-corrected chi connectivity index (χ4v) is 5.30. The summed E-state index contributed by atoms with van der Waals surface area (Å²) in [6.07, 6.45) is 2.15. The lowest BCUT2D eigenvalue weighted by Crippen LogP contribution is -2.33. The minimum Gasteiger partial charge on any atom is -0.352 e. The van der Waals surface area contributed by atoms with Gasteiger partial charge in [0.15, 0.2) is 5.11 Å². The predicted molar refractivity (Wildman–Crippen MR) is 141 cm³/mol. The zero-order valence-corrected chi connectivity index (χ0v) is 21.3. The zero-order chi connectivity index (χ0) is 24.4. The first-order chi connectivity index (χ1) is 16.3. The van der Waals surface area contributed by atoms with Gasteiger partial charge in [0.25, 0.3) is 0 Å². The molecule has 4 rings (SSSR count). The Kier molecular flexibility index (Phi) is 7.03. The number of nitrogens with one attached hydrogen (secondary N) is 2. The van der Waals surface area contributed by atoms with Crippen LogP contribution in [0.1, 0.15) is 66.6 Å². The molecule has 7 heteroatoms. The molecule has 0 unspecified atom stereocenters. The first-order valence-electron chi connectivity index (χ1n) is 11.8. The van der Waals surface area contributed by atoms with E-state index >= 15 is 0 Å². The van der Waals surface area contributed by atoms with E-state index in [1.807, 2.05) is 55.6 Å². The first kappa shape index (κ1) is 24.0. The average Bonchev–Trinajstić information content (AvgIpc) is 3.29. The summed E-state index contributed by atoms with van der Waals surface area (Å²) in [5, 5.41) is 7.14. The number of hydrogen-bond acceptors (Lipinski definition) is 3. The minimum atomic E-state index is -0.0880. The van der Waals surface area contributed by atoms with Crippen LogP contribution in [0.3, 0.4) is 0 Å². The number of thiocarbonyl (C=S) groups is 1. The van der Waals surface area contributed by atoms with Gasteiger partial charge in [-0.25, -0.2) is 0 Å². The fourth-order valence-electron chi connectivity index (χ4n) is 4.96. The van der Waals surface area contributed by atoms with Gasteiger partial charge in [-0.05, 0) is 82.7 Å². The number of rotatable bonds is 7. The quantitative estimate of drug-likeness (QED) is 0.449. The van der Waals surface area contributed by atoms with Crippen LogP contribution in [0.15, 0.2) is 54.7 Å². The number of aryl methyl sites for hydroxylation is 2. The third-order valence-electron chi connectivity index (χ3n) is 6.47. The van der Waals surface area contributed by atoms with Crippen molar-refractivity contribution in [2.75, 3.05) is 11.9 Å². The highest BCUT2D eigenvalue weighted by Gasteiger charge is 2.41. The van der Waals surface area contributed by atoms with Crippen LogP contribution in [0, 0.1) is 20.8 Å². The summed E-state index contributed by atoms with van der Waals surface area (Å²) in [5.41, 5.74) is 6.56. The first-order valence-corrected chi connectivity index (χ1v) is 12.2. The van der Waals surface area contributed by atoms with Crippen LogP contribution in [-0.4, -0.2) is 32.0 Å². The van der Waals surface area contributed by atoms with Crippen molar-refractivity contribution in [3.05, 3.63) is 82.9 Å². The molecule has 178 valence electrons. The minimum absolute atomic E-state index is 0.0284. The molecule has 1 fully saturated rings. The summed E-state index contributed by atoms with van der Waals surface area (Å²) in [7, 11) is 0. The molecule has 6 nitrogen and oxygen atoms in total. The summed E-state index contributed by atoms with van der Waals surface area (Å²) in [5.74, 6) is -0.0284. The number of nitrogens with zero attached hydrogens (tertiary/aromatic N) is 3. The van der Waals surface area contributed by atoms with E-state index in [2.05, 4.69) is 58.8 Å². The molecule has 3 heterocycles. The van der Waals surface area contributed by atoms with Gasteiger partial charge in [-0.2, -0.15) is 0 Å². The van der Waals surface area contributed by atoms with Crippen LogP contribution in [0.5, 0.6) is 0 Å². The smallest absolute Gasteiger partial charge is 0.226 e. The second-order valence-electron chi connectivity index (χ2n) is 9.27. The highest BCUT2D eigenvalue weighted by atomic mass is 32.1. The molecule has 34 heavy (non-hydrogen) atoms. The molecule has 0 bridgehead atoms. The molecule has 0 aliphatic carbocycles. The third-order valence-corrected chi connectivity index (χ3v) is 6.82. The number of hydrogen-bond donors (Lipinski definition) is 2. The normalized spacial score (nSPS) is 17.8. The van der Waals surface area contributed by atoms with E-state index < -0.39 is 0 Å². The predicted octanol–water partition coefficient (Wildman–Crippen LogP) is 5.39. The van der Waals surface area contributed by atoms with Gasteiger partial charge in [-0.15, -0.1) is 0 Å². The zero-order valence-electron chi connectivity index (χ0n) is 20.5. The van der Waals surface area contributed by atoms with Gasteiger partial charge in [-0.1, -0.05) is 23.8 Å². The second-order valence-corrected chi connectivity index (χ2v) is 9.66. The molecule has 1 aliphatic heterocycles. The van der Waals surface area contributed by atoms with E-state index in [1.54, 1.807) is 0 Å². The number of benzene rings is 1. The third kappa shape index (κ3) is 4.85. The molecular formula is C27H33N5OS. The molecule has 1 saturated heterocycles. The molecule has 1 amide bonds. The number of amides is 1. The number of carbonyl (C=O) groups excluding carboxylic acids is 1. The highest BCUT2D eigenvalue weighted by Crippen LogP contribution is 2.41. The number of anilines is 1. The molecule has 1 aliphatic rings. The van der Waals surface area contributed by atoms with Crippen molar-refractivity contribution in [3.63, 3.8) is 0 Å². The van der Waals surface area contributed by atoms with Gasteiger partial charge < -0.3 is 20.1 Å². The van der Waals surface area contributed by atoms with Crippen LogP contribution < -0.4 is 10.6 Å².